The smallest absolute Gasteiger partial charge is 0.361 e. The summed E-state index contributed by atoms with van der Waals surface area (Å²) >= 11 is 6.16. The first-order valence-electron chi connectivity index (χ1n) is 10.8. The Hall–Kier alpha value is -2.79. The van der Waals surface area contributed by atoms with Crippen molar-refractivity contribution in [1.82, 2.24) is 5.32 Å². The van der Waals surface area contributed by atoms with Crippen LogP contribution in [0.5, 0.6) is 0 Å². The van der Waals surface area contributed by atoms with Gasteiger partial charge in [-0.1, -0.05) is 29.8 Å². The number of amides is 1. The maximum absolute atomic E-state index is 14.5. The van der Waals surface area contributed by atoms with Crippen molar-refractivity contribution in [2.75, 3.05) is 11.9 Å². The van der Waals surface area contributed by atoms with Gasteiger partial charge in [0.25, 0.3) is 5.91 Å². The number of nitrogens with two attached hydrogens (primary N) is 1. The van der Waals surface area contributed by atoms with Gasteiger partial charge in [0.2, 0.25) is 0 Å². The summed E-state index contributed by atoms with van der Waals surface area (Å²) in [6, 6.07) is 5.79. The molecule has 0 aromatic heterocycles. The molecule has 2 aromatic rings. The van der Waals surface area contributed by atoms with Gasteiger partial charge in [-0.25, -0.2) is 4.39 Å². The van der Waals surface area contributed by atoms with Crippen molar-refractivity contribution in [1.29, 1.82) is 0 Å². The van der Waals surface area contributed by atoms with Gasteiger partial charge in [-0.2, -0.15) is 26.3 Å². The topological polar surface area (TPSA) is 67.1 Å². The van der Waals surface area contributed by atoms with Gasteiger partial charge in [-0.15, -0.1) is 0 Å². The van der Waals surface area contributed by atoms with Crippen LogP contribution in [0.2, 0.25) is 5.02 Å². The number of rotatable bonds is 7. The first-order valence-corrected chi connectivity index (χ1v) is 11.2. The summed E-state index contributed by atoms with van der Waals surface area (Å²) in [5.74, 6) is -0.347. The number of aryl methyl sites for hydroxylation is 2. The average molecular weight is 538 g/mol. The van der Waals surface area contributed by atoms with Crippen LogP contribution in [0.4, 0.5) is 36.4 Å². The minimum absolute atomic E-state index is 0.0236. The van der Waals surface area contributed by atoms with E-state index >= 15 is 0 Å². The molecule has 4 N–H and O–H groups in total. The lowest BCUT2D eigenvalue weighted by atomic mass is 9.90. The summed E-state index contributed by atoms with van der Waals surface area (Å²) in [6.07, 6.45) is -9.23. The molecule has 3 rings (SSSR count). The van der Waals surface area contributed by atoms with E-state index in [4.69, 9.17) is 17.3 Å². The van der Waals surface area contributed by atoms with E-state index in [1.165, 1.54) is 32.2 Å². The maximum Gasteiger partial charge on any atom is 0.435 e. The Bertz CT molecular complexity index is 1150. The van der Waals surface area contributed by atoms with Crippen molar-refractivity contribution in [3.63, 3.8) is 0 Å². The van der Waals surface area contributed by atoms with E-state index in [2.05, 4.69) is 10.6 Å². The molecule has 0 radical (unpaired) electrons. The van der Waals surface area contributed by atoms with Gasteiger partial charge in [0.1, 0.15) is 0 Å². The molecular formula is C24H23ClF7N3O. The second kappa shape index (κ2) is 9.93. The Morgan fingerprint density at radius 1 is 1.03 bits per heavy atom. The lowest BCUT2D eigenvalue weighted by Gasteiger charge is -2.31. The highest BCUT2D eigenvalue weighted by Crippen LogP contribution is 2.53. The summed E-state index contributed by atoms with van der Waals surface area (Å²) < 4.78 is 93.4. The number of benzene rings is 2. The molecule has 0 heterocycles. The van der Waals surface area contributed by atoms with Crippen LogP contribution < -0.4 is 16.4 Å². The number of hydrogen-bond donors (Lipinski definition) is 3. The second-order valence-electron chi connectivity index (χ2n) is 8.60. The van der Waals surface area contributed by atoms with Crippen LogP contribution in [0.25, 0.3) is 5.57 Å². The fourth-order valence-electron chi connectivity index (χ4n) is 3.69. The molecule has 36 heavy (non-hydrogen) atoms. The van der Waals surface area contributed by atoms with Crippen LogP contribution in [0.3, 0.4) is 0 Å². The monoisotopic (exact) mass is 537 g/mol. The van der Waals surface area contributed by atoms with E-state index in [-0.39, 0.29) is 45.9 Å². The third-order valence-corrected chi connectivity index (χ3v) is 6.15. The standard InChI is InChI=1S/C24H23ClF7N3O/c1-12-7-16(22(26,23(27,28)29)24(30,31)32)8-13(2)20(12)34-11-15(10-33)14-3-6-19(25)18(9-14)21(36)35-17-4-5-17/h3,6-9,11,17,34H,4-5,10,33H2,1-2H3,(H,35,36)/b15-11+. The quantitative estimate of drug-likeness (QED) is 0.351. The molecule has 1 amide bonds. The molecule has 1 fully saturated rings. The van der Waals surface area contributed by atoms with E-state index in [1.54, 1.807) is 6.07 Å². The summed E-state index contributed by atoms with van der Waals surface area (Å²) in [5.41, 5.74) is 0.0694. The molecule has 196 valence electrons. The molecule has 0 atom stereocenters. The summed E-state index contributed by atoms with van der Waals surface area (Å²) in [6.45, 7) is 2.49. The van der Waals surface area contributed by atoms with Crippen molar-refractivity contribution in [2.45, 2.75) is 50.8 Å². The summed E-state index contributed by atoms with van der Waals surface area (Å²) in [5, 5.41) is 5.89. The fourth-order valence-corrected chi connectivity index (χ4v) is 3.89. The molecule has 1 aliphatic carbocycles. The molecule has 0 saturated heterocycles. The van der Waals surface area contributed by atoms with E-state index in [0.29, 0.717) is 23.3 Å². The zero-order chi connectivity index (χ0) is 27.1. The molecule has 0 spiro atoms. The number of carbonyl (C=O) groups is 1. The Morgan fingerprint density at radius 2 is 1.58 bits per heavy atom. The normalized spacial score (nSPS) is 15.1. The highest BCUT2D eigenvalue weighted by atomic mass is 35.5. The Labute approximate surface area is 207 Å². The predicted octanol–water partition coefficient (Wildman–Crippen LogP) is 6.55. The van der Waals surface area contributed by atoms with E-state index in [9.17, 15) is 35.5 Å². The van der Waals surface area contributed by atoms with Crippen molar-refractivity contribution < 1.29 is 35.5 Å². The zero-order valence-electron chi connectivity index (χ0n) is 19.2. The van der Waals surface area contributed by atoms with E-state index in [0.717, 1.165) is 12.8 Å². The average Bonchev–Trinajstić information content (AvgIpc) is 3.58. The minimum atomic E-state index is -6.20. The molecule has 12 heteroatoms. The van der Waals surface area contributed by atoms with E-state index in [1.807, 2.05) is 0 Å². The van der Waals surface area contributed by atoms with Gasteiger partial charge in [0.05, 0.1) is 10.6 Å². The van der Waals surface area contributed by atoms with Crippen LogP contribution in [-0.4, -0.2) is 30.8 Å². The van der Waals surface area contributed by atoms with Crippen molar-refractivity contribution >= 4 is 28.8 Å². The molecule has 0 aliphatic heterocycles. The van der Waals surface area contributed by atoms with Crippen LogP contribution in [-0.2, 0) is 5.67 Å². The largest absolute Gasteiger partial charge is 0.435 e. The van der Waals surface area contributed by atoms with Crippen molar-refractivity contribution in [3.05, 3.63) is 69.4 Å². The van der Waals surface area contributed by atoms with Crippen molar-refractivity contribution in [3.8, 4) is 0 Å². The van der Waals surface area contributed by atoms with Crippen LogP contribution in [0, 0.1) is 13.8 Å². The van der Waals surface area contributed by atoms with Crippen LogP contribution in [0.1, 0.15) is 45.5 Å². The van der Waals surface area contributed by atoms with Gasteiger partial charge >= 0.3 is 18.0 Å². The predicted molar refractivity (Wildman–Crippen MR) is 123 cm³/mol. The molecular weight excluding hydrogens is 515 g/mol. The van der Waals surface area contributed by atoms with Gasteiger partial charge in [-0.3, -0.25) is 4.79 Å². The molecule has 0 bridgehead atoms. The Morgan fingerprint density at radius 3 is 2.06 bits per heavy atom. The van der Waals surface area contributed by atoms with Gasteiger partial charge < -0.3 is 16.4 Å². The summed E-state index contributed by atoms with van der Waals surface area (Å²) in [4.78, 5) is 12.4. The molecule has 1 aliphatic rings. The lowest BCUT2D eigenvalue weighted by molar-refractivity contribution is -0.348. The molecule has 0 unspecified atom stereocenters. The van der Waals surface area contributed by atoms with Crippen molar-refractivity contribution in [2.24, 2.45) is 5.73 Å². The van der Waals surface area contributed by atoms with Gasteiger partial charge in [0.15, 0.2) is 0 Å². The minimum Gasteiger partial charge on any atom is -0.361 e. The van der Waals surface area contributed by atoms with Crippen LogP contribution >= 0.6 is 11.6 Å². The fraction of sp³-hybridized carbons (Fsp3) is 0.375. The number of carbonyl (C=O) groups excluding carboxylic acids is 1. The Balaban J connectivity index is 1.94. The molecule has 1 saturated carbocycles. The second-order valence-corrected chi connectivity index (χ2v) is 9.01. The highest BCUT2D eigenvalue weighted by molar-refractivity contribution is 6.34. The zero-order valence-corrected chi connectivity index (χ0v) is 19.9. The molecule has 2 aromatic carbocycles. The molecule has 4 nitrogen and oxygen atoms in total. The third-order valence-electron chi connectivity index (χ3n) is 5.82. The SMILES string of the molecule is Cc1cc(C(F)(C(F)(F)F)C(F)(F)F)cc(C)c1N/C=C(\CN)c1ccc(Cl)c(C(=O)NC2CC2)c1. The van der Waals surface area contributed by atoms with Gasteiger partial charge in [-0.05, 0) is 61.1 Å². The van der Waals surface area contributed by atoms with E-state index < -0.39 is 23.6 Å². The number of anilines is 1. The number of alkyl halides is 7. The lowest BCUT2D eigenvalue weighted by Crippen LogP contribution is -2.50. The summed E-state index contributed by atoms with van der Waals surface area (Å²) in [7, 11) is 0. The van der Waals surface area contributed by atoms with Gasteiger partial charge in [0, 0.05) is 30.0 Å². The number of nitrogens with one attached hydrogen (secondary N) is 2. The first-order chi connectivity index (χ1) is 16.6. The number of hydrogen-bond acceptors (Lipinski definition) is 3. The van der Waals surface area contributed by atoms with Crippen LogP contribution in [0.15, 0.2) is 36.5 Å². The Kier molecular flexibility index (Phi) is 7.67. The number of halogens is 8. The third kappa shape index (κ3) is 5.46. The first kappa shape index (κ1) is 27.8. The highest BCUT2D eigenvalue weighted by Gasteiger charge is 2.73. The maximum atomic E-state index is 14.5.